The zero-order valence-electron chi connectivity index (χ0n) is 9.19. The fraction of sp³-hybridized carbons (Fsp3) is 0.538. The van der Waals surface area contributed by atoms with Gasteiger partial charge >= 0.3 is 0 Å². The van der Waals surface area contributed by atoms with Crippen LogP contribution in [0.4, 0.5) is 0 Å². The van der Waals surface area contributed by atoms with E-state index in [4.69, 9.17) is 23.2 Å². The van der Waals surface area contributed by atoms with Crippen molar-refractivity contribution in [2.75, 3.05) is 0 Å². The highest BCUT2D eigenvalue weighted by Crippen LogP contribution is 2.45. The van der Waals surface area contributed by atoms with Gasteiger partial charge in [-0.3, -0.25) is 0 Å². The van der Waals surface area contributed by atoms with Crippen molar-refractivity contribution in [3.8, 4) is 0 Å². The summed E-state index contributed by atoms with van der Waals surface area (Å²) < 4.78 is 0. The summed E-state index contributed by atoms with van der Waals surface area (Å²) in [5, 5.41) is 1.19. The lowest BCUT2D eigenvalue weighted by Crippen LogP contribution is -2.18. The summed E-state index contributed by atoms with van der Waals surface area (Å²) in [6.45, 7) is 4.38. The fourth-order valence-electron chi connectivity index (χ4n) is 2.51. The second-order valence-electron chi connectivity index (χ2n) is 4.88. The Bertz CT molecular complexity index is 373. The van der Waals surface area contributed by atoms with Gasteiger partial charge in [-0.2, -0.15) is 0 Å². The highest BCUT2D eigenvalue weighted by atomic mass is 35.5. The second-order valence-corrected chi connectivity index (χ2v) is 5.91. The highest BCUT2D eigenvalue weighted by molar-refractivity contribution is 6.31. The van der Waals surface area contributed by atoms with Gasteiger partial charge in [-0.05, 0) is 43.2 Å². The average molecular weight is 243 g/mol. The molecule has 2 rings (SSSR count). The lowest BCUT2D eigenvalue weighted by molar-refractivity contribution is 0.492. The molecule has 0 nitrogen and oxygen atoms in total. The molecule has 1 aromatic rings. The second kappa shape index (κ2) is 3.99. The molecule has 82 valence electrons. The number of hydrogen-bond acceptors (Lipinski definition) is 0. The zero-order chi connectivity index (χ0) is 11.1. The van der Waals surface area contributed by atoms with Crippen molar-refractivity contribution in [1.29, 1.82) is 0 Å². The van der Waals surface area contributed by atoms with Gasteiger partial charge in [0, 0.05) is 10.4 Å². The maximum Gasteiger partial charge on any atom is 0.0443 e. The molecule has 0 N–H and O–H groups in total. The largest absolute Gasteiger partial charge is 0.123 e. The third-order valence-corrected chi connectivity index (χ3v) is 4.16. The Balaban J connectivity index is 2.40. The molecule has 1 aliphatic carbocycles. The minimum absolute atomic E-state index is 0.176. The van der Waals surface area contributed by atoms with Crippen molar-refractivity contribution in [2.24, 2.45) is 0 Å². The standard InChI is InChI=1S/C13H16Cl2/c1-9-3-4-12(15)11(7-9)13(2)6-5-10(14)8-13/h3-4,7,10H,5-6,8H2,1-2H3. The van der Waals surface area contributed by atoms with Crippen molar-refractivity contribution >= 4 is 23.2 Å². The molecule has 0 aliphatic heterocycles. The van der Waals surface area contributed by atoms with E-state index in [-0.39, 0.29) is 5.41 Å². The molecule has 0 radical (unpaired) electrons. The molecular formula is C13H16Cl2. The molecule has 0 amide bonds. The molecule has 0 aromatic heterocycles. The van der Waals surface area contributed by atoms with Crippen molar-refractivity contribution in [2.45, 2.75) is 43.9 Å². The molecule has 1 saturated carbocycles. The molecular weight excluding hydrogens is 227 g/mol. The molecule has 2 heteroatoms. The van der Waals surface area contributed by atoms with Crippen molar-refractivity contribution in [3.63, 3.8) is 0 Å². The number of benzene rings is 1. The first kappa shape index (κ1) is 11.3. The summed E-state index contributed by atoms with van der Waals surface area (Å²) in [5.41, 5.74) is 2.72. The Labute approximate surface area is 102 Å². The van der Waals surface area contributed by atoms with Gasteiger partial charge in [0.05, 0.1) is 0 Å². The Morgan fingerprint density at radius 3 is 2.73 bits per heavy atom. The van der Waals surface area contributed by atoms with Crippen LogP contribution in [0.1, 0.15) is 37.3 Å². The van der Waals surface area contributed by atoms with Gasteiger partial charge in [-0.1, -0.05) is 36.2 Å². The first-order valence-corrected chi connectivity index (χ1v) is 6.23. The highest BCUT2D eigenvalue weighted by Gasteiger charge is 2.36. The van der Waals surface area contributed by atoms with E-state index >= 15 is 0 Å². The van der Waals surface area contributed by atoms with Crippen LogP contribution in [-0.2, 0) is 5.41 Å². The van der Waals surface area contributed by atoms with Crippen molar-refractivity contribution < 1.29 is 0 Å². The summed E-state index contributed by atoms with van der Waals surface area (Å²) in [4.78, 5) is 0. The average Bonchev–Trinajstić information content (AvgIpc) is 2.52. The molecule has 0 saturated heterocycles. The van der Waals surface area contributed by atoms with Crippen molar-refractivity contribution in [3.05, 3.63) is 34.3 Å². The smallest absolute Gasteiger partial charge is 0.0443 e. The van der Waals surface area contributed by atoms with E-state index in [1.165, 1.54) is 11.1 Å². The van der Waals surface area contributed by atoms with Crippen LogP contribution in [0.2, 0.25) is 5.02 Å². The Morgan fingerprint density at radius 2 is 2.13 bits per heavy atom. The maximum atomic E-state index is 6.27. The molecule has 0 spiro atoms. The van der Waals surface area contributed by atoms with Crippen LogP contribution in [0.25, 0.3) is 0 Å². The van der Waals surface area contributed by atoms with Crippen LogP contribution in [0.5, 0.6) is 0 Å². The van der Waals surface area contributed by atoms with Crippen LogP contribution >= 0.6 is 23.2 Å². The Hall–Kier alpha value is -0.200. The summed E-state index contributed by atoms with van der Waals surface area (Å²) >= 11 is 12.5. The number of aryl methyl sites for hydroxylation is 1. The Morgan fingerprint density at radius 1 is 1.40 bits per heavy atom. The van der Waals surface area contributed by atoms with E-state index in [1.807, 2.05) is 6.07 Å². The van der Waals surface area contributed by atoms with Gasteiger partial charge in [-0.25, -0.2) is 0 Å². The Kier molecular flexibility index (Phi) is 3.00. The third-order valence-electron chi connectivity index (χ3n) is 3.45. The van der Waals surface area contributed by atoms with Gasteiger partial charge in [-0.15, -0.1) is 11.6 Å². The van der Waals surface area contributed by atoms with Gasteiger partial charge in [0.2, 0.25) is 0 Å². The summed E-state index contributed by atoms with van der Waals surface area (Å²) in [7, 11) is 0. The van der Waals surface area contributed by atoms with E-state index in [2.05, 4.69) is 26.0 Å². The van der Waals surface area contributed by atoms with Crippen LogP contribution < -0.4 is 0 Å². The van der Waals surface area contributed by atoms with Crippen LogP contribution in [0.3, 0.4) is 0 Å². The van der Waals surface area contributed by atoms with Crippen LogP contribution in [0.15, 0.2) is 18.2 Å². The molecule has 15 heavy (non-hydrogen) atoms. The molecule has 1 aliphatic rings. The van der Waals surface area contributed by atoms with E-state index < -0.39 is 0 Å². The van der Waals surface area contributed by atoms with Gasteiger partial charge in [0.1, 0.15) is 0 Å². The van der Waals surface area contributed by atoms with Gasteiger partial charge < -0.3 is 0 Å². The topological polar surface area (TPSA) is 0 Å². The minimum atomic E-state index is 0.176. The van der Waals surface area contributed by atoms with E-state index in [0.717, 1.165) is 24.3 Å². The van der Waals surface area contributed by atoms with E-state index in [1.54, 1.807) is 0 Å². The molecule has 2 atom stereocenters. The normalized spacial score (nSPS) is 30.8. The minimum Gasteiger partial charge on any atom is -0.123 e. The predicted octanol–water partition coefficient (Wildman–Crippen LogP) is 4.70. The number of alkyl halides is 1. The van der Waals surface area contributed by atoms with E-state index in [9.17, 15) is 0 Å². The number of rotatable bonds is 1. The third kappa shape index (κ3) is 2.16. The summed E-state index contributed by atoms with van der Waals surface area (Å²) in [6, 6.07) is 6.26. The summed E-state index contributed by atoms with van der Waals surface area (Å²) in [5.74, 6) is 0. The number of halogens is 2. The van der Waals surface area contributed by atoms with Crippen LogP contribution in [-0.4, -0.2) is 5.38 Å². The monoisotopic (exact) mass is 242 g/mol. The molecule has 2 unspecified atom stereocenters. The predicted molar refractivity (Wildman–Crippen MR) is 67.0 cm³/mol. The molecule has 0 heterocycles. The zero-order valence-corrected chi connectivity index (χ0v) is 10.7. The molecule has 0 bridgehead atoms. The first-order chi connectivity index (χ1) is 7.01. The van der Waals surface area contributed by atoms with Crippen molar-refractivity contribution in [1.82, 2.24) is 0 Å². The molecule has 1 fully saturated rings. The molecule has 1 aromatic carbocycles. The number of hydrogen-bond donors (Lipinski definition) is 0. The first-order valence-electron chi connectivity index (χ1n) is 5.42. The quantitative estimate of drug-likeness (QED) is 0.627. The van der Waals surface area contributed by atoms with E-state index in [0.29, 0.717) is 5.38 Å². The van der Waals surface area contributed by atoms with Gasteiger partial charge in [0.15, 0.2) is 0 Å². The van der Waals surface area contributed by atoms with Gasteiger partial charge in [0.25, 0.3) is 0 Å². The summed E-state index contributed by atoms with van der Waals surface area (Å²) in [6.07, 6.45) is 3.28. The van der Waals surface area contributed by atoms with Crippen LogP contribution in [0, 0.1) is 6.92 Å². The lowest BCUT2D eigenvalue weighted by atomic mass is 9.80. The lowest BCUT2D eigenvalue weighted by Gasteiger charge is -2.26. The maximum absolute atomic E-state index is 6.27. The fourth-order valence-corrected chi connectivity index (χ4v) is 3.31. The SMILES string of the molecule is Cc1ccc(Cl)c(C2(C)CCC(Cl)C2)c1.